The van der Waals surface area contributed by atoms with Gasteiger partial charge in [0.2, 0.25) is 0 Å². The van der Waals surface area contributed by atoms with Crippen molar-refractivity contribution in [1.29, 1.82) is 0 Å². The van der Waals surface area contributed by atoms with Gasteiger partial charge in [-0.05, 0) is 36.1 Å². The van der Waals surface area contributed by atoms with Crippen LogP contribution < -0.4 is 4.74 Å². The minimum Gasteiger partial charge on any atom is -0.494 e. The molecule has 2 nitrogen and oxygen atoms in total. The second-order valence-electron chi connectivity index (χ2n) is 6.38. The Morgan fingerprint density at radius 3 is 2.05 bits per heavy atom. The van der Waals surface area contributed by atoms with Gasteiger partial charge in [0.05, 0.1) is 6.61 Å². The molecule has 2 rings (SSSR count). The number of ketones is 1. The Morgan fingerprint density at radius 1 is 0.905 bits per heavy atom. The van der Waals surface area contributed by atoms with Gasteiger partial charge in [-0.15, -0.1) is 0 Å². The van der Waals surface area contributed by atoms with E-state index in [1.807, 2.05) is 54.6 Å². The first kappa shape index (κ1) is 15.3. The van der Waals surface area contributed by atoms with E-state index in [9.17, 15) is 4.79 Å². The Balaban J connectivity index is 1.98. The fourth-order valence-electron chi connectivity index (χ4n) is 1.93. The number of ether oxygens (including phenoxy) is 1. The van der Waals surface area contributed by atoms with Gasteiger partial charge in [-0.25, -0.2) is 0 Å². The highest BCUT2D eigenvalue weighted by atomic mass is 16.5. The van der Waals surface area contributed by atoms with Gasteiger partial charge < -0.3 is 4.74 Å². The van der Waals surface area contributed by atoms with Crippen molar-refractivity contribution in [2.45, 2.75) is 27.2 Å². The van der Waals surface area contributed by atoms with E-state index in [4.69, 9.17) is 4.74 Å². The quantitative estimate of drug-likeness (QED) is 0.741. The number of hydrogen-bond acceptors (Lipinski definition) is 2. The van der Waals surface area contributed by atoms with E-state index in [0.717, 1.165) is 12.2 Å². The minimum absolute atomic E-state index is 0.0387. The van der Waals surface area contributed by atoms with Crippen LogP contribution in [-0.4, -0.2) is 12.4 Å². The molecule has 0 saturated heterocycles. The molecule has 2 aromatic carbocycles. The van der Waals surface area contributed by atoms with Crippen molar-refractivity contribution >= 4 is 5.78 Å². The van der Waals surface area contributed by atoms with Crippen LogP contribution in [0.5, 0.6) is 5.75 Å². The van der Waals surface area contributed by atoms with Gasteiger partial charge in [-0.2, -0.15) is 0 Å². The average Bonchev–Trinajstić information content (AvgIpc) is 2.47. The summed E-state index contributed by atoms with van der Waals surface area (Å²) in [6, 6.07) is 16.7. The smallest absolute Gasteiger partial charge is 0.193 e. The predicted octanol–water partition coefficient (Wildman–Crippen LogP) is 4.73. The van der Waals surface area contributed by atoms with Gasteiger partial charge in [0.15, 0.2) is 5.78 Å². The predicted molar refractivity (Wildman–Crippen MR) is 85.9 cm³/mol. The number of benzene rings is 2. The molecule has 2 aromatic rings. The summed E-state index contributed by atoms with van der Waals surface area (Å²) in [5.41, 5.74) is 1.66. The second kappa shape index (κ2) is 6.57. The maximum Gasteiger partial charge on any atom is 0.193 e. The van der Waals surface area contributed by atoms with E-state index in [-0.39, 0.29) is 11.2 Å². The zero-order chi connectivity index (χ0) is 15.3. The van der Waals surface area contributed by atoms with Gasteiger partial charge in [-0.1, -0.05) is 51.1 Å². The highest BCUT2D eigenvalue weighted by Crippen LogP contribution is 2.20. The molecular weight excluding hydrogens is 260 g/mol. The van der Waals surface area contributed by atoms with Crippen LogP contribution in [0.3, 0.4) is 0 Å². The molecule has 0 aromatic heterocycles. The molecule has 0 aliphatic heterocycles. The summed E-state index contributed by atoms with van der Waals surface area (Å²) in [4.78, 5) is 12.3. The maximum absolute atomic E-state index is 12.3. The van der Waals surface area contributed by atoms with Crippen molar-refractivity contribution in [3.63, 3.8) is 0 Å². The lowest BCUT2D eigenvalue weighted by Gasteiger charge is -2.18. The zero-order valence-corrected chi connectivity index (χ0v) is 12.9. The van der Waals surface area contributed by atoms with E-state index in [1.54, 1.807) is 0 Å². The maximum atomic E-state index is 12.3. The molecule has 2 heteroatoms. The lowest BCUT2D eigenvalue weighted by Crippen LogP contribution is -2.11. The highest BCUT2D eigenvalue weighted by molar-refractivity contribution is 6.08. The van der Waals surface area contributed by atoms with E-state index in [2.05, 4.69) is 20.8 Å². The molecule has 0 saturated carbocycles. The van der Waals surface area contributed by atoms with Crippen LogP contribution in [0.25, 0.3) is 0 Å². The summed E-state index contributed by atoms with van der Waals surface area (Å²) in [5.74, 6) is 0.848. The monoisotopic (exact) mass is 282 g/mol. The third-order valence-electron chi connectivity index (χ3n) is 3.27. The lowest BCUT2D eigenvalue weighted by molar-refractivity contribution is 0.103. The molecule has 0 aliphatic rings. The van der Waals surface area contributed by atoms with Crippen LogP contribution >= 0.6 is 0 Å². The van der Waals surface area contributed by atoms with Crippen molar-refractivity contribution < 1.29 is 9.53 Å². The summed E-state index contributed by atoms with van der Waals surface area (Å²) in [6.45, 7) is 7.27. The molecule has 0 heterocycles. The van der Waals surface area contributed by atoms with Gasteiger partial charge in [0.25, 0.3) is 0 Å². The molecule has 0 radical (unpaired) electrons. The van der Waals surface area contributed by atoms with Crippen molar-refractivity contribution in [2.75, 3.05) is 6.61 Å². The SMILES string of the molecule is CC(C)(C)CCOc1ccc(C(=O)c2ccccc2)cc1. The Hall–Kier alpha value is -2.09. The molecule has 0 amide bonds. The first-order chi connectivity index (χ1) is 9.96. The molecule has 0 fully saturated rings. The Labute approximate surface area is 126 Å². The zero-order valence-electron chi connectivity index (χ0n) is 12.9. The molecule has 0 unspecified atom stereocenters. The topological polar surface area (TPSA) is 26.3 Å². The van der Waals surface area contributed by atoms with E-state index < -0.39 is 0 Å². The third kappa shape index (κ3) is 4.75. The van der Waals surface area contributed by atoms with E-state index in [0.29, 0.717) is 17.7 Å². The summed E-state index contributed by atoms with van der Waals surface area (Å²) < 4.78 is 5.71. The van der Waals surface area contributed by atoms with Crippen LogP contribution in [0.1, 0.15) is 43.1 Å². The number of carbonyl (C=O) groups is 1. The largest absolute Gasteiger partial charge is 0.494 e. The summed E-state index contributed by atoms with van der Waals surface area (Å²) in [5, 5.41) is 0. The van der Waals surface area contributed by atoms with Crippen LogP contribution in [0.2, 0.25) is 0 Å². The van der Waals surface area contributed by atoms with Crippen molar-refractivity contribution in [3.8, 4) is 5.75 Å². The summed E-state index contributed by atoms with van der Waals surface area (Å²) >= 11 is 0. The molecule has 0 atom stereocenters. The van der Waals surface area contributed by atoms with Crippen LogP contribution in [0.15, 0.2) is 54.6 Å². The van der Waals surface area contributed by atoms with Crippen LogP contribution in [0.4, 0.5) is 0 Å². The number of carbonyl (C=O) groups excluding carboxylic acids is 1. The standard InChI is InChI=1S/C19H22O2/c1-19(2,3)13-14-21-17-11-9-16(10-12-17)18(20)15-7-5-4-6-8-15/h4-12H,13-14H2,1-3H3. The minimum atomic E-state index is 0.0387. The van der Waals surface area contributed by atoms with Gasteiger partial charge in [-0.3, -0.25) is 4.79 Å². The third-order valence-corrected chi connectivity index (χ3v) is 3.27. The second-order valence-corrected chi connectivity index (χ2v) is 6.38. The molecule has 0 N–H and O–H groups in total. The van der Waals surface area contributed by atoms with E-state index >= 15 is 0 Å². The molecule has 0 aliphatic carbocycles. The first-order valence-electron chi connectivity index (χ1n) is 7.28. The van der Waals surface area contributed by atoms with Gasteiger partial charge in [0, 0.05) is 11.1 Å². The number of hydrogen-bond donors (Lipinski definition) is 0. The van der Waals surface area contributed by atoms with Gasteiger partial charge >= 0.3 is 0 Å². The van der Waals surface area contributed by atoms with Crippen molar-refractivity contribution in [1.82, 2.24) is 0 Å². The fraction of sp³-hybridized carbons (Fsp3) is 0.316. The Bertz CT molecular complexity index is 577. The molecule has 110 valence electrons. The molecule has 21 heavy (non-hydrogen) atoms. The Kier molecular flexibility index (Phi) is 4.79. The fourth-order valence-corrected chi connectivity index (χ4v) is 1.93. The normalized spacial score (nSPS) is 11.2. The highest BCUT2D eigenvalue weighted by Gasteiger charge is 2.11. The first-order valence-corrected chi connectivity index (χ1v) is 7.28. The summed E-state index contributed by atoms with van der Waals surface area (Å²) in [6.07, 6.45) is 0.998. The summed E-state index contributed by atoms with van der Waals surface area (Å²) in [7, 11) is 0. The van der Waals surface area contributed by atoms with Crippen molar-refractivity contribution in [2.24, 2.45) is 5.41 Å². The van der Waals surface area contributed by atoms with Crippen molar-refractivity contribution in [3.05, 3.63) is 65.7 Å². The average molecular weight is 282 g/mol. The Morgan fingerprint density at radius 2 is 1.48 bits per heavy atom. The molecular formula is C19H22O2. The molecule has 0 spiro atoms. The molecule has 0 bridgehead atoms. The number of rotatable bonds is 5. The van der Waals surface area contributed by atoms with E-state index in [1.165, 1.54) is 0 Å². The van der Waals surface area contributed by atoms with Crippen LogP contribution in [-0.2, 0) is 0 Å². The van der Waals surface area contributed by atoms with Gasteiger partial charge in [0.1, 0.15) is 5.75 Å². The lowest BCUT2D eigenvalue weighted by atomic mass is 9.93. The van der Waals surface area contributed by atoms with Crippen LogP contribution in [0, 0.1) is 5.41 Å².